The molecule has 3 heteroatoms. The maximum atomic E-state index is 3.74. The molecule has 0 saturated heterocycles. The lowest BCUT2D eigenvalue weighted by atomic mass is 10.0. The highest BCUT2D eigenvalue weighted by atomic mass is 79.9. The summed E-state index contributed by atoms with van der Waals surface area (Å²) >= 11 is 5.58. The van der Waals surface area contributed by atoms with Gasteiger partial charge >= 0.3 is 0 Å². The van der Waals surface area contributed by atoms with Gasteiger partial charge in [-0.15, -0.1) is 11.8 Å². The van der Waals surface area contributed by atoms with Crippen molar-refractivity contribution < 1.29 is 0 Å². The molecule has 2 atom stereocenters. The standard InChI is InChI=1S/C16H16BrNS/c1-11(12-6-2-4-8-14(12)17)18-15-10-19-16-9-5-3-7-13(15)16/h2-9,11,15,18H,10H2,1H3/t11-,15?/m1/s1. The van der Waals surface area contributed by atoms with Crippen LogP contribution in [0.2, 0.25) is 0 Å². The van der Waals surface area contributed by atoms with E-state index in [1.165, 1.54) is 20.5 Å². The maximum absolute atomic E-state index is 3.74. The summed E-state index contributed by atoms with van der Waals surface area (Å²) in [6, 6.07) is 17.9. The topological polar surface area (TPSA) is 12.0 Å². The molecule has 0 bridgehead atoms. The molecule has 19 heavy (non-hydrogen) atoms. The van der Waals surface area contributed by atoms with Crippen LogP contribution in [0.1, 0.15) is 30.1 Å². The van der Waals surface area contributed by atoms with Crippen LogP contribution in [0.3, 0.4) is 0 Å². The van der Waals surface area contributed by atoms with Gasteiger partial charge in [-0.1, -0.05) is 52.3 Å². The Morgan fingerprint density at radius 2 is 1.89 bits per heavy atom. The Balaban J connectivity index is 1.78. The smallest absolute Gasteiger partial charge is 0.0431 e. The van der Waals surface area contributed by atoms with Crippen molar-refractivity contribution in [1.29, 1.82) is 0 Å². The molecule has 2 aromatic rings. The molecule has 0 radical (unpaired) electrons. The second-order valence-corrected chi connectivity index (χ2v) is 6.73. The second kappa shape index (κ2) is 5.70. The minimum Gasteiger partial charge on any atom is -0.303 e. The highest BCUT2D eigenvalue weighted by Crippen LogP contribution is 2.39. The van der Waals surface area contributed by atoms with Crippen LogP contribution < -0.4 is 5.32 Å². The zero-order valence-corrected chi connectivity index (χ0v) is 13.2. The number of thioether (sulfide) groups is 1. The number of rotatable bonds is 3. The fourth-order valence-electron chi connectivity index (χ4n) is 2.52. The predicted octanol–water partition coefficient (Wildman–Crippen LogP) is 4.95. The van der Waals surface area contributed by atoms with E-state index in [2.05, 4.69) is 76.7 Å². The molecule has 1 N–H and O–H groups in total. The lowest BCUT2D eigenvalue weighted by Crippen LogP contribution is -2.24. The first-order valence-electron chi connectivity index (χ1n) is 6.48. The number of hydrogen-bond donors (Lipinski definition) is 1. The van der Waals surface area contributed by atoms with Gasteiger partial charge < -0.3 is 5.32 Å². The van der Waals surface area contributed by atoms with E-state index in [4.69, 9.17) is 0 Å². The molecule has 1 aliphatic heterocycles. The Labute approximate surface area is 126 Å². The van der Waals surface area contributed by atoms with Gasteiger partial charge in [0, 0.05) is 27.2 Å². The van der Waals surface area contributed by atoms with Crippen LogP contribution in [0.25, 0.3) is 0 Å². The van der Waals surface area contributed by atoms with E-state index >= 15 is 0 Å². The summed E-state index contributed by atoms with van der Waals surface area (Å²) in [5.74, 6) is 1.12. The van der Waals surface area contributed by atoms with Crippen LogP contribution in [0.15, 0.2) is 57.9 Å². The van der Waals surface area contributed by atoms with E-state index < -0.39 is 0 Å². The van der Waals surface area contributed by atoms with E-state index in [9.17, 15) is 0 Å². The predicted molar refractivity (Wildman–Crippen MR) is 85.6 cm³/mol. The van der Waals surface area contributed by atoms with Crippen molar-refractivity contribution in [3.05, 3.63) is 64.1 Å². The van der Waals surface area contributed by atoms with Gasteiger partial charge in [0.25, 0.3) is 0 Å². The normalized spacial score (nSPS) is 19.2. The molecule has 1 unspecified atom stereocenters. The summed E-state index contributed by atoms with van der Waals surface area (Å²) in [5, 5.41) is 3.74. The number of benzene rings is 2. The zero-order chi connectivity index (χ0) is 13.2. The first-order chi connectivity index (χ1) is 9.25. The number of halogens is 1. The molecule has 0 amide bonds. The fourth-order valence-corrected chi connectivity index (χ4v) is 4.32. The van der Waals surface area contributed by atoms with Crippen LogP contribution in [0.4, 0.5) is 0 Å². The summed E-state index contributed by atoms with van der Waals surface area (Å²) in [4.78, 5) is 1.42. The van der Waals surface area contributed by atoms with Gasteiger partial charge in [0.2, 0.25) is 0 Å². The summed E-state index contributed by atoms with van der Waals surface area (Å²) in [5.41, 5.74) is 2.75. The molecule has 0 aliphatic carbocycles. The molecule has 3 rings (SSSR count). The summed E-state index contributed by atoms with van der Waals surface area (Å²) in [7, 11) is 0. The molecule has 1 nitrogen and oxygen atoms in total. The van der Waals surface area contributed by atoms with Gasteiger partial charge in [0.05, 0.1) is 0 Å². The molecule has 98 valence electrons. The first-order valence-corrected chi connectivity index (χ1v) is 8.26. The lowest BCUT2D eigenvalue weighted by Gasteiger charge is -2.21. The molecule has 0 saturated carbocycles. The minimum atomic E-state index is 0.340. The van der Waals surface area contributed by atoms with Crippen molar-refractivity contribution >= 4 is 27.7 Å². The van der Waals surface area contributed by atoms with Crippen LogP contribution in [-0.2, 0) is 0 Å². The third-order valence-corrected chi connectivity index (χ3v) is 5.43. The van der Waals surface area contributed by atoms with Crippen LogP contribution >= 0.6 is 27.7 Å². The summed E-state index contributed by atoms with van der Waals surface area (Å²) < 4.78 is 1.17. The van der Waals surface area contributed by atoms with Crippen molar-refractivity contribution in [1.82, 2.24) is 5.32 Å². The fraction of sp³-hybridized carbons (Fsp3) is 0.250. The molecule has 1 heterocycles. The van der Waals surface area contributed by atoms with Crippen LogP contribution in [0.5, 0.6) is 0 Å². The van der Waals surface area contributed by atoms with Gasteiger partial charge in [-0.05, 0) is 30.2 Å². The average molecular weight is 334 g/mol. The number of hydrogen-bond acceptors (Lipinski definition) is 2. The Morgan fingerprint density at radius 3 is 2.74 bits per heavy atom. The van der Waals surface area contributed by atoms with Crippen molar-refractivity contribution in [3.8, 4) is 0 Å². The molecule has 1 aliphatic rings. The van der Waals surface area contributed by atoms with E-state index in [1.54, 1.807) is 0 Å². The van der Waals surface area contributed by atoms with Crippen molar-refractivity contribution in [3.63, 3.8) is 0 Å². The van der Waals surface area contributed by atoms with Gasteiger partial charge in [-0.25, -0.2) is 0 Å². The van der Waals surface area contributed by atoms with Gasteiger partial charge in [-0.2, -0.15) is 0 Å². The van der Waals surface area contributed by atoms with Crippen molar-refractivity contribution in [2.45, 2.75) is 23.9 Å². The molecule has 0 fully saturated rings. The molecular weight excluding hydrogens is 318 g/mol. The quantitative estimate of drug-likeness (QED) is 0.853. The SMILES string of the molecule is C[C@@H](NC1CSc2ccccc21)c1ccccc1Br. The van der Waals surface area contributed by atoms with Gasteiger partial charge in [0.15, 0.2) is 0 Å². The maximum Gasteiger partial charge on any atom is 0.0431 e. The third-order valence-electron chi connectivity index (χ3n) is 3.52. The monoisotopic (exact) mass is 333 g/mol. The Hall–Kier alpha value is -0.770. The van der Waals surface area contributed by atoms with E-state index in [1.807, 2.05) is 11.8 Å². The summed E-state index contributed by atoms with van der Waals surface area (Å²) in [6.45, 7) is 2.23. The number of nitrogens with one attached hydrogen (secondary N) is 1. The van der Waals surface area contributed by atoms with Crippen LogP contribution in [-0.4, -0.2) is 5.75 Å². The Kier molecular flexibility index (Phi) is 3.96. The van der Waals surface area contributed by atoms with E-state index in [0.717, 1.165) is 5.75 Å². The summed E-state index contributed by atoms with van der Waals surface area (Å²) in [6.07, 6.45) is 0. The zero-order valence-electron chi connectivity index (χ0n) is 10.8. The highest BCUT2D eigenvalue weighted by molar-refractivity contribution is 9.10. The van der Waals surface area contributed by atoms with E-state index in [0.29, 0.717) is 12.1 Å². The number of fused-ring (bicyclic) bond motifs is 1. The van der Waals surface area contributed by atoms with Crippen molar-refractivity contribution in [2.75, 3.05) is 5.75 Å². The molecule has 0 spiro atoms. The molecular formula is C16H16BrNS. The minimum absolute atomic E-state index is 0.340. The Bertz CT molecular complexity index is 584. The lowest BCUT2D eigenvalue weighted by molar-refractivity contribution is 0.500. The van der Waals surface area contributed by atoms with Gasteiger partial charge in [0.1, 0.15) is 0 Å². The average Bonchev–Trinajstić information content (AvgIpc) is 2.83. The van der Waals surface area contributed by atoms with Crippen molar-refractivity contribution in [2.24, 2.45) is 0 Å². The third kappa shape index (κ3) is 2.73. The van der Waals surface area contributed by atoms with Gasteiger partial charge in [-0.3, -0.25) is 0 Å². The van der Waals surface area contributed by atoms with E-state index in [-0.39, 0.29) is 0 Å². The highest BCUT2D eigenvalue weighted by Gasteiger charge is 2.24. The molecule has 2 aromatic carbocycles. The molecule has 0 aromatic heterocycles. The Morgan fingerprint density at radius 1 is 1.16 bits per heavy atom. The first kappa shape index (κ1) is 13.2. The largest absolute Gasteiger partial charge is 0.303 e. The van der Waals surface area contributed by atoms with Crippen LogP contribution in [0, 0.1) is 0 Å². The second-order valence-electron chi connectivity index (χ2n) is 4.81.